The Morgan fingerprint density at radius 1 is 1.20 bits per heavy atom. The van der Waals surface area contributed by atoms with E-state index >= 15 is 0 Å². The number of benzene rings is 1. The van der Waals surface area contributed by atoms with Crippen LogP contribution in [0.4, 0.5) is 10.1 Å². The van der Waals surface area contributed by atoms with Crippen molar-refractivity contribution in [1.82, 2.24) is 9.97 Å². The summed E-state index contributed by atoms with van der Waals surface area (Å²) in [4.78, 5) is 7.95. The van der Waals surface area contributed by atoms with Crippen molar-refractivity contribution in [3.8, 4) is 11.4 Å². The van der Waals surface area contributed by atoms with E-state index in [9.17, 15) is 4.39 Å². The number of nitrogens with two attached hydrogens (primary N) is 1. The maximum atomic E-state index is 13.4. The van der Waals surface area contributed by atoms with Gasteiger partial charge in [-0.3, -0.25) is 0 Å². The molecule has 0 saturated heterocycles. The van der Waals surface area contributed by atoms with E-state index in [1.165, 1.54) is 18.5 Å². The van der Waals surface area contributed by atoms with Crippen LogP contribution in [0.1, 0.15) is 5.56 Å². The van der Waals surface area contributed by atoms with Crippen molar-refractivity contribution in [2.24, 2.45) is 0 Å². The van der Waals surface area contributed by atoms with E-state index < -0.39 is 0 Å². The van der Waals surface area contributed by atoms with Gasteiger partial charge >= 0.3 is 0 Å². The number of halogens is 1. The Morgan fingerprint density at radius 3 is 2.53 bits per heavy atom. The third kappa shape index (κ3) is 1.93. The first-order valence-electron chi connectivity index (χ1n) is 4.51. The van der Waals surface area contributed by atoms with Gasteiger partial charge in [-0.15, -0.1) is 0 Å². The van der Waals surface area contributed by atoms with Gasteiger partial charge in [0.25, 0.3) is 0 Å². The average Bonchev–Trinajstić information content (AvgIpc) is 2.23. The molecule has 0 saturated carbocycles. The minimum atomic E-state index is -0.328. The van der Waals surface area contributed by atoms with Gasteiger partial charge in [-0.25, -0.2) is 14.4 Å². The zero-order chi connectivity index (χ0) is 10.8. The Bertz CT molecular complexity index is 480. The lowest BCUT2D eigenvalue weighted by Crippen LogP contribution is -1.94. The zero-order valence-electron chi connectivity index (χ0n) is 8.24. The summed E-state index contributed by atoms with van der Waals surface area (Å²) in [5.41, 5.74) is 7.28. The van der Waals surface area contributed by atoms with E-state index in [4.69, 9.17) is 5.73 Å². The topological polar surface area (TPSA) is 51.8 Å². The molecule has 0 unspecified atom stereocenters. The molecule has 1 heterocycles. The van der Waals surface area contributed by atoms with Crippen LogP contribution < -0.4 is 5.73 Å². The summed E-state index contributed by atoms with van der Waals surface area (Å²) in [7, 11) is 0. The third-order valence-corrected chi connectivity index (χ3v) is 2.03. The first-order chi connectivity index (χ1) is 7.16. The molecular formula is C11H10FN3. The van der Waals surface area contributed by atoms with E-state index in [0.717, 1.165) is 5.56 Å². The first kappa shape index (κ1) is 9.58. The molecule has 0 bridgehead atoms. The predicted molar refractivity (Wildman–Crippen MR) is 56.6 cm³/mol. The highest BCUT2D eigenvalue weighted by atomic mass is 19.1. The van der Waals surface area contributed by atoms with Crippen LogP contribution in [-0.4, -0.2) is 9.97 Å². The summed E-state index contributed by atoms with van der Waals surface area (Å²) in [6.07, 6.45) is 2.92. The van der Waals surface area contributed by atoms with Crippen LogP contribution in [0, 0.1) is 12.7 Å². The minimum Gasteiger partial charge on any atom is -0.396 e. The molecule has 15 heavy (non-hydrogen) atoms. The molecule has 2 aromatic rings. The van der Waals surface area contributed by atoms with Crippen LogP contribution >= 0.6 is 0 Å². The number of nitrogen functional groups attached to an aromatic ring is 1. The standard InChI is InChI=1S/C11H10FN3/c1-7-2-3-10(12)9(4-7)11-14-5-8(13)6-15-11/h2-6H,13H2,1H3. The van der Waals surface area contributed by atoms with Crippen LogP contribution in [0.5, 0.6) is 0 Å². The summed E-state index contributed by atoms with van der Waals surface area (Å²) >= 11 is 0. The van der Waals surface area contributed by atoms with Crippen LogP contribution in [0.3, 0.4) is 0 Å². The molecule has 0 amide bonds. The van der Waals surface area contributed by atoms with E-state index in [-0.39, 0.29) is 5.82 Å². The molecular weight excluding hydrogens is 193 g/mol. The Labute approximate surface area is 86.8 Å². The number of hydrogen-bond donors (Lipinski definition) is 1. The lowest BCUT2D eigenvalue weighted by Gasteiger charge is -2.02. The van der Waals surface area contributed by atoms with E-state index in [0.29, 0.717) is 17.1 Å². The van der Waals surface area contributed by atoms with Crippen LogP contribution in [-0.2, 0) is 0 Å². The van der Waals surface area contributed by atoms with Gasteiger partial charge < -0.3 is 5.73 Å². The fourth-order valence-corrected chi connectivity index (χ4v) is 1.29. The van der Waals surface area contributed by atoms with Crippen LogP contribution in [0.15, 0.2) is 30.6 Å². The molecule has 0 spiro atoms. The van der Waals surface area contributed by atoms with Crippen molar-refractivity contribution < 1.29 is 4.39 Å². The molecule has 0 fully saturated rings. The number of aryl methyl sites for hydroxylation is 1. The van der Waals surface area contributed by atoms with Gasteiger partial charge in [0.2, 0.25) is 0 Å². The Morgan fingerprint density at radius 2 is 1.87 bits per heavy atom. The molecule has 0 aliphatic rings. The van der Waals surface area contributed by atoms with Crippen molar-refractivity contribution in [3.63, 3.8) is 0 Å². The van der Waals surface area contributed by atoms with Gasteiger partial charge in [0.15, 0.2) is 5.82 Å². The summed E-state index contributed by atoms with van der Waals surface area (Å²) < 4.78 is 13.4. The van der Waals surface area contributed by atoms with Crippen LogP contribution in [0.2, 0.25) is 0 Å². The molecule has 2 rings (SSSR count). The summed E-state index contributed by atoms with van der Waals surface area (Å²) in [6.45, 7) is 1.89. The van der Waals surface area contributed by atoms with E-state index in [1.807, 2.05) is 6.92 Å². The molecule has 2 N–H and O–H groups in total. The number of rotatable bonds is 1. The largest absolute Gasteiger partial charge is 0.396 e. The lowest BCUT2D eigenvalue weighted by molar-refractivity contribution is 0.629. The monoisotopic (exact) mass is 203 g/mol. The fraction of sp³-hybridized carbons (Fsp3) is 0.0909. The summed E-state index contributed by atoms with van der Waals surface area (Å²) in [6, 6.07) is 4.82. The highest BCUT2D eigenvalue weighted by Crippen LogP contribution is 2.20. The van der Waals surface area contributed by atoms with Crippen molar-refractivity contribution in [3.05, 3.63) is 42.0 Å². The predicted octanol–water partition coefficient (Wildman–Crippen LogP) is 2.17. The Hall–Kier alpha value is -1.97. The van der Waals surface area contributed by atoms with E-state index in [1.54, 1.807) is 12.1 Å². The summed E-state index contributed by atoms with van der Waals surface area (Å²) in [5, 5.41) is 0. The van der Waals surface area contributed by atoms with Crippen molar-refractivity contribution in [2.75, 3.05) is 5.73 Å². The maximum Gasteiger partial charge on any atom is 0.162 e. The third-order valence-electron chi connectivity index (χ3n) is 2.03. The second kappa shape index (κ2) is 3.65. The molecule has 3 nitrogen and oxygen atoms in total. The van der Waals surface area contributed by atoms with Crippen molar-refractivity contribution in [2.45, 2.75) is 6.92 Å². The quantitative estimate of drug-likeness (QED) is 0.772. The van der Waals surface area contributed by atoms with Crippen LogP contribution in [0.25, 0.3) is 11.4 Å². The normalized spacial score (nSPS) is 10.3. The number of aromatic nitrogens is 2. The molecule has 0 aliphatic carbocycles. The SMILES string of the molecule is Cc1ccc(F)c(-c2ncc(N)cn2)c1. The van der Waals surface area contributed by atoms with Gasteiger partial charge in [-0.2, -0.15) is 0 Å². The smallest absolute Gasteiger partial charge is 0.162 e. The van der Waals surface area contributed by atoms with E-state index in [2.05, 4.69) is 9.97 Å². The second-order valence-electron chi connectivity index (χ2n) is 3.32. The number of hydrogen-bond acceptors (Lipinski definition) is 3. The molecule has 0 radical (unpaired) electrons. The Kier molecular flexibility index (Phi) is 2.33. The van der Waals surface area contributed by atoms with Gasteiger partial charge in [0.05, 0.1) is 23.6 Å². The van der Waals surface area contributed by atoms with Gasteiger partial charge in [-0.05, 0) is 19.1 Å². The molecule has 4 heteroatoms. The molecule has 1 aromatic heterocycles. The molecule has 1 aromatic carbocycles. The van der Waals surface area contributed by atoms with Gasteiger partial charge in [0, 0.05) is 0 Å². The Balaban J connectivity index is 2.53. The zero-order valence-corrected chi connectivity index (χ0v) is 8.24. The average molecular weight is 203 g/mol. The summed E-state index contributed by atoms with van der Waals surface area (Å²) in [5.74, 6) is 0.0239. The maximum absolute atomic E-state index is 13.4. The number of nitrogens with zero attached hydrogens (tertiary/aromatic N) is 2. The van der Waals surface area contributed by atoms with Crippen molar-refractivity contribution in [1.29, 1.82) is 0 Å². The highest BCUT2D eigenvalue weighted by molar-refractivity contribution is 5.57. The lowest BCUT2D eigenvalue weighted by atomic mass is 10.1. The number of anilines is 1. The first-order valence-corrected chi connectivity index (χ1v) is 4.51. The highest BCUT2D eigenvalue weighted by Gasteiger charge is 2.07. The van der Waals surface area contributed by atoms with Gasteiger partial charge in [0.1, 0.15) is 5.82 Å². The van der Waals surface area contributed by atoms with Crippen molar-refractivity contribution >= 4 is 5.69 Å². The fourth-order valence-electron chi connectivity index (χ4n) is 1.29. The van der Waals surface area contributed by atoms with Gasteiger partial charge in [-0.1, -0.05) is 11.6 Å². The molecule has 0 atom stereocenters. The molecule has 0 aliphatic heterocycles. The molecule has 76 valence electrons. The minimum absolute atomic E-state index is 0.328. The second-order valence-corrected chi connectivity index (χ2v) is 3.32.